The molecule has 0 radical (unpaired) electrons. The van der Waals surface area contributed by atoms with Gasteiger partial charge in [0.05, 0.1) is 17.9 Å². The molecule has 0 heterocycles. The van der Waals surface area contributed by atoms with Crippen LogP contribution in [0.25, 0.3) is 0 Å². The quantitative estimate of drug-likeness (QED) is 0.373. The van der Waals surface area contributed by atoms with Crippen molar-refractivity contribution in [3.8, 4) is 0 Å². The number of anilines is 2. The molecule has 0 aliphatic heterocycles. The van der Waals surface area contributed by atoms with Crippen LogP contribution >= 0.6 is 22.6 Å². The van der Waals surface area contributed by atoms with Crippen molar-refractivity contribution in [2.75, 3.05) is 5.32 Å². The van der Waals surface area contributed by atoms with Gasteiger partial charge in [0.2, 0.25) is 0 Å². The van der Waals surface area contributed by atoms with Crippen LogP contribution in [-0.4, -0.2) is 5.91 Å². The monoisotopic (exact) mass is 476 g/mol. The van der Waals surface area contributed by atoms with Crippen molar-refractivity contribution in [1.82, 2.24) is 5.48 Å². The first-order chi connectivity index (χ1) is 13.0. The second-order valence-electron chi connectivity index (χ2n) is 5.98. The Morgan fingerprint density at radius 1 is 1.04 bits per heavy atom. The molecule has 0 spiro atoms. The van der Waals surface area contributed by atoms with Crippen molar-refractivity contribution in [2.24, 2.45) is 0 Å². The highest BCUT2D eigenvalue weighted by Crippen LogP contribution is 2.25. The fourth-order valence-corrected chi connectivity index (χ4v) is 3.19. The lowest BCUT2D eigenvalue weighted by atomic mass is 10.1. The van der Waals surface area contributed by atoms with E-state index in [9.17, 15) is 9.18 Å². The van der Waals surface area contributed by atoms with E-state index in [2.05, 4.69) is 33.4 Å². The zero-order chi connectivity index (χ0) is 19.2. The Morgan fingerprint density at radius 3 is 2.56 bits per heavy atom. The first kappa shape index (κ1) is 19.3. The number of hydrogen-bond acceptors (Lipinski definition) is 3. The van der Waals surface area contributed by atoms with Crippen LogP contribution in [0.4, 0.5) is 15.8 Å². The van der Waals surface area contributed by atoms with Crippen molar-refractivity contribution >= 4 is 39.9 Å². The third-order valence-corrected chi connectivity index (χ3v) is 4.60. The fourth-order valence-electron chi connectivity index (χ4n) is 2.54. The number of halogens is 2. The van der Waals surface area contributed by atoms with Crippen molar-refractivity contribution < 1.29 is 14.0 Å². The molecule has 6 heteroatoms. The Bertz CT molecular complexity index is 948. The Labute approximate surface area is 170 Å². The molecule has 0 aliphatic carbocycles. The van der Waals surface area contributed by atoms with Gasteiger partial charge >= 0.3 is 0 Å². The molecular formula is C21H18FIN2O2. The summed E-state index contributed by atoms with van der Waals surface area (Å²) in [6.45, 7) is 2.19. The molecule has 0 aromatic heterocycles. The average molecular weight is 476 g/mol. The summed E-state index contributed by atoms with van der Waals surface area (Å²) in [5.41, 5.74) is 5.82. The molecule has 27 heavy (non-hydrogen) atoms. The van der Waals surface area contributed by atoms with E-state index in [-0.39, 0.29) is 6.61 Å². The SMILES string of the molecule is Cc1cc(I)ccc1Nc1cc(F)ccc1C(=O)NOCc1ccccc1. The highest BCUT2D eigenvalue weighted by Gasteiger charge is 2.14. The zero-order valence-corrected chi connectivity index (χ0v) is 16.8. The summed E-state index contributed by atoms with van der Waals surface area (Å²) in [5.74, 6) is -0.876. The normalized spacial score (nSPS) is 10.5. The smallest absolute Gasteiger partial charge is 0.276 e. The third kappa shape index (κ3) is 5.27. The van der Waals surface area contributed by atoms with Crippen LogP contribution in [0.2, 0.25) is 0 Å². The summed E-state index contributed by atoms with van der Waals surface area (Å²) in [7, 11) is 0. The van der Waals surface area contributed by atoms with Gasteiger partial charge in [0.25, 0.3) is 5.91 Å². The fraction of sp³-hybridized carbons (Fsp3) is 0.0952. The maximum atomic E-state index is 13.7. The molecule has 0 bridgehead atoms. The van der Waals surface area contributed by atoms with Crippen LogP contribution in [0.1, 0.15) is 21.5 Å². The molecular weight excluding hydrogens is 458 g/mol. The second kappa shape index (κ2) is 8.96. The van der Waals surface area contributed by atoms with Gasteiger partial charge in [-0.3, -0.25) is 9.63 Å². The molecule has 0 aliphatic rings. The lowest BCUT2D eigenvalue weighted by molar-refractivity contribution is 0.0234. The second-order valence-corrected chi connectivity index (χ2v) is 7.23. The number of rotatable bonds is 6. The molecule has 0 saturated carbocycles. The Morgan fingerprint density at radius 2 is 1.81 bits per heavy atom. The van der Waals surface area contributed by atoms with E-state index in [1.807, 2.05) is 55.5 Å². The topological polar surface area (TPSA) is 50.4 Å². The van der Waals surface area contributed by atoms with Gasteiger partial charge in [-0.1, -0.05) is 30.3 Å². The summed E-state index contributed by atoms with van der Waals surface area (Å²) in [6, 6.07) is 19.3. The highest BCUT2D eigenvalue weighted by atomic mass is 127. The number of carbonyl (C=O) groups is 1. The molecule has 138 valence electrons. The lowest BCUT2D eigenvalue weighted by Crippen LogP contribution is -2.24. The molecule has 4 nitrogen and oxygen atoms in total. The number of nitrogens with one attached hydrogen (secondary N) is 2. The minimum Gasteiger partial charge on any atom is -0.355 e. The van der Waals surface area contributed by atoms with Gasteiger partial charge in [-0.05, 0) is 77.0 Å². The summed E-state index contributed by atoms with van der Waals surface area (Å²) in [4.78, 5) is 17.8. The minimum absolute atomic E-state index is 0.243. The van der Waals surface area contributed by atoms with Crippen molar-refractivity contribution in [3.05, 3.63) is 92.8 Å². The van der Waals surface area contributed by atoms with E-state index in [1.165, 1.54) is 18.2 Å². The van der Waals surface area contributed by atoms with Crippen LogP contribution in [0.5, 0.6) is 0 Å². The standard InChI is InChI=1S/C21H18FIN2O2/c1-14-11-17(23)8-10-19(14)24-20-12-16(22)7-9-18(20)21(26)25-27-13-15-5-3-2-4-6-15/h2-12,24H,13H2,1H3,(H,25,26). The van der Waals surface area contributed by atoms with E-state index in [1.54, 1.807) is 0 Å². The average Bonchev–Trinajstić information content (AvgIpc) is 2.65. The molecule has 3 rings (SSSR count). The van der Waals surface area contributed by atoms with Gasteiger partial charge in [-0.2, -0.15) is 0 Å². The Balaban J connectivity index is 1.73. The van der Waals surface area contributed by atoms with Crippen LogP contribution < -0.4 is 10.8 Å². The van der Waals surface area contributed by atoms with Crippen LogP contribution in [0.15, 0.2) is 66.7 Å². The molecule has 0 saturated heterocycles. The third-order valence-electron chi connectivity index (χ3n) is 3.93. The van der Waals surface area contributed by atoms with Gasteiger partial charge in [-0.15, -0.1) is 0 Å². The van der Waals surface area contributed by atoms with E-state index in [0.717, 1.165) is 20.4 Å². The Kier molecular flexibility index (Phi) is 6.41. The first-order valence-electron chi connectivity index (χ1n) is 8.32. The summed E-state index contributed by atoms with van der Waals surface area (Å²) < 4.78 is 14.8. The van der Waals surface area contributed by atoms with E-state index >= 15 is 0 Å². The number of amides is 1. The van der Waals surface area contributed by atoms with Gasteiger partial charge in [0, 0.05) is 9.26 Å². The predicted molar refractivity (Wildman–Crippen MR) is 112 cm³/mol. The molecule has 0 unspecified atom stereocenters. The molecule has 1 amide bonds. The number of hydrogen-bond donors (Lipinski definition) is 2. The van der Waals surface area contributed by atoms with E-state index < -0.39 is 11.7 Å². The maximum Gasteiger partial charge on any atom is 0.276 e. The van der Waals surface area contributed by atoms with Gasteiger partial charge in [0.1, 0.15) is 5.82 Å². The minimum atomic E-state index is -0.448. The van der Waals surface area contributed by atoms with Crippen molar-refractivity contribution in [2.45, 2.75) is 13.5 Å². The molecule has 0 atom stereocenters. The highest BCUT2D eigenvalue weighted by molar-refractivity contribution is 14.1. The lowest BCUT2D eigenvalue weighted by Gasteiger charge is -2.14. The summed E-state index contributed by atoms with van der Waals surface area (Å²) >= 11 is 2.23. The van der Waals surface area contributed by atoms with Crippen molar-refractivity contribution in [3.63, 3.8) is 0 Å². The van der Waals surface area contributed by atoms with Gasteiger partial charge in [0.15, 0.2) is 0 Å². The largest absolute Gasteiger partial charge is 0.355 e. The Hall–Kier alpha value is -2.45. The van der Waals surface area contributed by atoms with E-state index in [0.29, 0.717) is 11.3 Å². The van der Waals surface area contributed by atoms with Crippen LogP contribution in [0.3, 0.4) is 0 Å². The number of benzene rings is 3. The number of hydroxylamine groups is 1. The summed E-state index contributed by atoms with van der Waals surface area (Å²) in [6.07, 6.45) is 0. The molecule has 3 aromatic rings. The van der Waals surface area contributed by atoms with Gasteiger partial charge < -0.3 is 5.32 Å². The maximum absolute atomic E-state index is 13.7. The van der Waals surface area contributed by atoms with Crippen LogP contribution in [-0.2, 0) is 11.4 Å². The number of carbonyl (C=O) groups excluding carboxylic acids is 1. The molecule has 3 aromatic carbocycles. The zero-order valence-electron chi connectivity index (χ0n) is 14.6. The summed E-state index contributed by atoms with van der Waals surface area (Å²) in [5, 5.41) is 3.14. The van der Waals surface area contributed by atoms with E-state index in [4.69, 9.17) is 4.84 Å². The van der Waals surface area contributed by atoms with Gasteiger partial charge in [-0.25, -0.2) is 9.87 Å². The number of aryl methyl sites for hydroxylation is 1. The first-order valence-corrected chi connectivity index (χ1v) is 9.39. The predicted octanol–water partition coefficient (Wildman–Crippen LogP) is 5.34. The molecule has 0 fully saturated rings. The van der Waals surface area contributed by atoms with Crippen molar-refractivity contribution in [1.29, 1.82) is 0 Å². The van der Waals surface area contributed by atoms with Crippen LogP contribution in [0, 0.1) is 16.3 Å². The molecule has 2 N–H and O–H groups in total.